The smallest absolute Gasteiger partial charge is 0.420 e. The summed E-state index contributed by atoms with van der Waals surface area (Å²) in [4.78, 5) is 14.7. The Morgan fingerprint density at radius 1 is 1.40 bits per heavy atom. The van der Waals surface area contributed by atoms with Crippen molar-refractivity contribution in [3.8, 4) is 5.75 Å². The Balaban J connectivity index is 3.55. The first-order valence-electron chi connectivity index (χ1n) is 5.33. The average molecular weight is 299 g/mol. The molecule has 0 bridgehead atoms. The number of nitrogens with zero attached hydrogens (tertiary/aromatic N) is 1. The number of hydrogen-bond donors (Lipinski definition) is 0. The third-order valence-electron chi connectivity index (χ3n) is 2.19. The molecule has 0 saturated heterocycles. The fourth-order valence-electron chi connectivity index (χ4n) is 1.42. The highest BCUT2D eigenvalue weighted by Gasteiger charge is 2.38. The van der Waals surface area contributed by atoms with Crippen LogP contribution < -0.4 is 4.74 Å². The molecular weight excluding hydrogens is 289 g/mol. The Hall–Kier alpha value is -1.93. The molecule has 0 fully saturated rings. The molecule has 4 nitrogen and oxygen atoms in total. The van der Waals surface area contributed by atoms with Gasteiger partial charge in [0.25, 0.3) is 6.43 Å². The van der Waals surface area contributed by atoms with Crippen LogP contribution in [0.25, 0.3) is 0 Å². The summed E-state index contributed by atoms with van der Waals surface area (Å²) < 4.78 is 72.5. The van der Waals surface area contributed by atoms with Crippen LogP contribution >= 0.6 is 0 Å². The van der Waals surface area contributed by atoms with Crippen LogP contribution in [0.15, 0.2) is 6.07 Å². The lowest BCUT2D eigenvalue weighted by atomic mass is 10.1. The molecule has 1 aromatic heterocycles. The van der Waals surface area contributed by atoms with Gasteiger partial charge in [-0.25, -0.2) is 18.6 Å². The molecule has 0 aliphatic carbocycles. The summed E-state index contributed by atoms with van der Waals surface area (Å²) in [6.45, 7) is 1.26. The summed E-state index contributed by atoms with van der Waals surface area (Å²) in [7, 11) is 0.872. The van der Waals surface area contributed by atoms with Gasteiger partial charge in [-0.1, -0.05) is 0 Å². The third kappa shape index (κ3) is 3.34. The molecular formula is C11H10F5NO3. The van der Waals surface area contributed by atoms with Crippen molar-refractivity contribution in [1.82, 2.24) is 4.98 Å². The molecule has 0 aliphatic rings. The summed E-state index contributed by atoms with van der Waals surface area (Å²) in [6.07, 6.45) is -8.24. The SMILES string of the molecule is CCOC(=O)c1nc(C(F)F)cc(C(F)(F)F)c1OC. The van der Waals surface area contributed by atoms with Gasteiger partial charge in [-0.15, -0.1) is 0 Å². The molecule has 0 aromatic carbocycles. The van der Waals surface area contributed by atoms with Gasteiger partial charge < -0.3 is 9.47 Å². The number of esters is 1. The number of pyridine rings is 1. The molecule has 0 radical (unpaired) electrons. The molecule has 20 heavy (non-hydrogen) atoms. The van der Waals surface area contributed by atoms with Gasteiger partial charge >= 0.3 is 12.1 Å². The van der Waals surface area contributed by atoms with Gasteiger partial charge in [-0.3, -0.25) is 0 Å². The van der Waals surface area contributed by atoms with E-state index in [1.807, 2.05) is 0 Å². The summed E-state index contributed by atoms with van der Waals surface area (Å²) in [5, 5.41) is 0. The van der Waals surface area contributed by atoms with Crippen LogP contribution in [0, 0.1) is 0 Å². The molecule has 0 atom stereocenters. The van der Waals surface area contributed by atoms with E-state index in [0.717, 1.165) is 7.11 Å². The van der Waals surface area contributed by atoms with Gasteiger partial charge in [-0.05, 0) is 13.0 Å². The molecule has 1 heterocycles. The van der Waals surface area contributed by atoms with Crippen molar-refractivity contribution in [2.75, 3.05) is 13.7 Å². The zero-order chi connectivity index (χ0) is 15.5. The molecule has 1 rings (SSSR count). The number of halogens is 5. The molecule has 0 saturated carbocycles. The standard InChI is InChI=1S/C11H10F5NO3/c1-3-20-10(18)7-8(19-2)5(11(14,15)16)4-6(17-7)9(12)13/h4,9H,3H2,1-2H3. The molecule has 112 valence electrons. The average Bonchev–Trinajstić information content (AvgIpc) is 2.36. The van der Waals surface area contributed by atoms with Gasteiger partial charge in [-0.2, -0.15) is 13.2 Å². The lowest BCUT2D eigenvalue weighted by molar-refractivity contribution is -0.139. The zero-order valence-corrected chi connectivity index (χ0v) is 10.4. The van der Waals surface area contributed by atoms with E-state index in [-0.39, 0.29) is 12.7 Å². The van der Waals surface area contributed by atoms with Gasteiger partial charge in [0, 0.05) is 0 Å². The van der Waals surface area contributed by atoms with Crippen LogP contribution in [0.4, 0.5) is 22.0 Å². The van der Waals surface area contributed by atoms with Crippen LogP contribution in [-0.4, -0.2) is 24.7 Å². The normalized spacial score (nSPS) is 11.6. The van der Waals surface area contributed by atoms with E-state index >= 15 is 0 Å². The van der Waals surface area contributed by atoms with E-state index in [4.69, 9.17) is 0 Å². The quantitative estimate of drug-likeness (QED) is 0.632. The minimum Gasteiger partial charge on any atom is -0.494 e. The predicted octanol–water partition coefficient (Wildman–Crippen LogP) is 3.22. The Labute approximate surface area is 110 Å². The highest BCUT2D eigenvalue weighted by Crippen LogP contribution is 2.39. The molecule has 0 aliphatic heterocycles. The van der Waals surface area contributed by atoms with Crippen LogP contribution in [-0.2, 0) is 10.9 Å². The maximum Gasteiger partial charge on any atom is 0.420 e. The van der Waals surface area contributed by atoms with E-state index in [2.05, 4.69) is 14.5 Å². The number of rotatable bonds is 4. The first-order valence-corrected chi connectivity index (χ1v) is 5.33. The first-order chi connectivity index (χ1) is 9.22. The molecule has 1 aromatic rings. The van der Waals surface area contributed by atoms with Gasteiger partial charge in [0.15, 0.2) is 11.4 Å². The van der Waals surface area contributed by atoms with Gasteiger partial charge in [0.2, 0.25) is 0 Å². The molecule has 9 heteroatoms. The molecule has 0 spiro atoms. The molecule has 0 N–H and O–H groups in total. The largest absolute Gasteiger partial charge is 0.494 e. The Morgan fingerprint density at radius 2 is 2.00 bits per heavy atom. The number of carbonyl (C=O) groups excluding carboxylic acids is 1. The van der Waals surface area contributed by atoms with Crippen LogP contribution in [0.5, 0.6) is 5.75 Å². The van der Waals surface area contributed by atoms with E-state index in [1.54, 1.807) is 0 Å². The number of alkyl halides is 5. The number of hydrogen-bond acceptors (Lipinski definition) is 4. The summed E-state index contributed by atoms with van der Waals surface area (Å²) in [6, 6.07) is 0.145. The van der Waals surface area contributed by atoms with Crippen molar-refractivity contribution in [2.24, 2.45) is 0 Å². The summed E-state index contributed by atoms with van der Waals surface area (Å²) in [5.41, 5.74) is -3.62. The predicted molar refractivity (Wildman–Crippen MR) is 56.7 cm³/mol. The van der Waals surface area contributed by atoms with Crippen molar-refractivity contribution in [2.45, 2.75) is 19.5 Å². The maximum atomic E-state index is 12.8. The number of ether oxygens (including phenoxy) is 2. The molecule has 0 unspecified atom stereocenters. The summed E-state index contributed by atoms with van der Waals surface area (Å²) >= 11 is 0. The highest BCUT2D eigenvalue weighted by molar-refractivity contribution is 5.91. The Bertz CT molecular complexity index is 502. The highest BCUT2D eigenvalue weighted by atomic mass is 19.4. The van der Waals surface area contributed by atoms with Gasteiger partial charge in [0.1, 0.15) is 11.3 Å². The van der Waals surface area contributed by atoms with Crippen LogP contribution in [0.3, 0.4) is 0 Å². The number of methoxy groups -OCH3 is 1. The second-order valence-electron chi connectivity index (χ2n) is 3.50. The minimum atomic E-state index is -4.97. The first kappa shape index (κ1) is 16.1. The fourth-order valence-corrected chi connectivity index (χ4v) is 1.42. The van der Waals surface area contributed by atoms with E-state index in [9.17, 15) is 26.7 Å². The van der Waals surface area contributed by atoms with Crippen molar-refractivity contribution in [3.05, 3.63) is 23.0 Å². The van der Waals surface area contributed by atoms with Crippen molar-refractivity contribution in [1.29, 1.82) is 0 Å². The Kier molecular flexibility index (Phi) is 4.85. The van der Waals surface area contributed by atoms with Crippen LogP contribution in [0.1, 0.15) is 35.1 Å². The lowest BCUT2D eigenvalue weighted by Gasteiger charge is -2.16. The summed E-state index contributed by atoms with van der Waals surface area (Å²) in [5.74, 6) is -2.21. The third-order valence-corrected chi connectivity index (χ3v) is 2.19. The van der Waals surface area contributed by atoms with E-state index < -0.39 is 41.3 Å². The van der Waals surface area contributed by atoms with Crippen molar-refractivity contribution in [3.63, 3.8) is 0 Å². The van der Waals surface area contributed by atoms with E-state index in [1.165, 1.54) is 6.92 Å². The van der Waals surface area contributed by atoms with Crippen molar-refractivity contribution < 1.29 is 36.2 Å². The zero-order valence-electron chi connectivity index (χ0n) is 10.4. The van der Waals surface area contributed by atoms with E-state index in [0.29, 0.717) is 0 Å². The lowest BCUT2D eigenvalue weighted by Crippen LogP contribution is -2.16. The topological polar surface area (TPSA) is 48.4 Å². The second kappa shape index (κ2) is 6.02. The fraction of sp³-hybridized carbons (Fsp3) is 0.455. The van der Waals surface area contributed by atoms with Crippen molar-refractivity contribution >= 4 is 5.97 Å². The Morgan fingerprint density at radius 3 is 2.40 bits per heavy atom. The van der Waals surface area contributed by atoms with Gasteiger partial charge in [0.05, 0.1) is 13.7 Å². The maximum absolute atomic E-state index is 12.8. The molecule has 0 amide bonds. The monoisotopic (exact) mass is 299 g/mol. The number of aromatic nitrogens is 1. The van der Waals surface area contributed by atoms with Crippen LogP contribution in [0.2, 0.25) is 0 Å². The number of carbonyl (C=O) groups is 1. The second-order valence-corrected chi connectivity index (χ2v) is 3.50. The minimum absolute atomic E-state index is 0.145.